The van der Waals surface area contributed by atoms with Gasteiger partial charge in [-0.2, -0.15) is 0 Å². The molecule has 1 heterocycles. The molecule has 1 aromatic heterocycles. The Hall–Kier alpha value is -0.790. The average Bonchev–Trinajstić information content (AvgIpc) is 1.91. The quantitative estimate of drug-likeness (QED) is 0.449. The minimum Gasteiger partial charge on any atom is -0.452 e. The van der Waals surface area contributed by atoms with Crippen molar-refractivity contribution in [2.75, 3.05) is 0 Å². The first-order valence-corrected chi connectivity index (χ1v) is 1.17. The van der Waals surface area contributed by atoms with Gasteiger partial charge in [0.2, 0.25) is 0 Å². The van der Waals surface area contributed by atoms with Gasteiger partial charge in [0.15, 0.2) is 6.39 Å². The molecule has 0 saturated carbocycles. The summed E-state index contributed by atoms with van der Waals surface area (Å²) in [4.78, 5) is 3.33. The van der Waals surface area contributed by atoms with E-state index in [0.717, 1.165) is 6.39 Å². The van der Waals surface area contributed by atoms with Crippen LogP contribution < -0.4 is 0 Å². The van der Waals surface area contributed by atoms with Crippen LogP contribution in [0.4, 0.5) is 0 Å². The molecule has 0 unspecified atom stereocenters. The zero-order valence-electron chi connectivity index (χ0n) is 4.43. The lowest BCUT2D eigenvalue weighted by molar-refractivity contribution is 0.558. The van der Waals surface area contributed by atoms with Crippen LogP contribution in [0.5, 0.6) is 0 Å². The molecule has 0 spiro atoms. The Morgan fingerprint density at radius 3 is 3.20 bits per heavy atom. The van der Waals surface area contributed by atoms with Crippen molar-refractivity contribution < 1.29 is 7.16 Å². The standard InChI is InChI=1S/C3H3NO/c1-2-5-3-4-1/h1-3H/i1D,2D. The van der Waals surface area contributed by atoms with E-state index in [1.807, 2.05) is 0 Å². The maximum atomic E-state index is 6.71. The highest BCUT2D eigenvalue weighted by Crippen LogP contribution is 1.72. The monoisotopic (exact) mass is 71.0 g/mol. The Morgan fingerprint density at radius 1 is 2.00 bits per heavy atom. The summed E-state index contributed by atoms with van der Waals surface area (Å²) >= 11 is 0. The van der Waals surface area contributed by atoms with Crippen LogP contribution in [-0.2, 0) is 0 Å². The molecular weight excluding hydrogens is 66.0 g/mol. The van der Waals surface area contributed by atoms with E-state index in [1.165, 1.54) is 0 Å². The highest BCUT2D eigenvalue weighted by molar-refractivity contribution is 4.56. The van der Waals surface area contributed by atoms with Gasteiger partial charge in [0, 0.05) is 0 Å². The highest BCUT2D eigenvalue weighted by Gasteiger charge is 1.59. The zero-order valence-corrected chi connectivity index (χ0v) is 2.43. The van der Waals surface area contributed by atoms with Crippen LogP contribution in [0.3, 0.4) is 0 Å². The molecule has 0 atom stereocenters. The minimum atomic E-state index is -0.181. The predicted molar refractivity (Wildman–Crippen MR) is 16.5 cm³/mol. The van der Waals surface area contributed by atoms with Crippen molar-refractivity contribution in [2.45, 2.75) is 0 Å². The Bertz CT molecular complexity index is 145. The van der Waals surface area contributed by atoms with Gasteiger partial charge in [0.25, 0.3) is 0 Å². The molecule has 0 saturated heterocycles. The lowest BCUT2D eigenvalue weighted by Gasteiger charge is -1.47. The van der Waals surface area contributed by atoms with Gasteiger partial charge in [-0.15, -0.1) is 0 Å². The van der Waals surface area contributed by atoms with Crippen LogP contribution in [0.15, 0.2) is 23.2 Å². The molecule has 0 aliphatic heterocycles. The van der Waals surface area contributed by atoms with Gasteiger partial charge in [0.1, 0.15) is 7.61 Å². The van der Waals surface area contributed by atoms with Crippen molar-refractivity contribution in [3.05, 3.63) is 18.8 Å². The van der Waals surface area contributed by atoms with Crippen LogP contribution in [0, 0.1) is 0 Å². The van der Waals surface area contributed by atoms with E-state index < -0.39 is 0 Å². The van der Waals surface area contributed by atoms with E-state index in [2.05, 4.69) is 9.40 Å². The molecule has 5 heavy (non-hydrogen) atoms. The molecule has 0 radical (unpaired) electrons. The predicted octanol–water partition coefficient (Wildman–Crippen LogP) is 0.675. The van der Waals surface area contributed by atoms with Crippen LogP contribution in [0.2, 0.25) is 0 Å². The van der Waals surface area contributed by atoms with Crippen molar-refractivity contribution in [1.82, 2.24) is 4.98 Å². The molecule has 0 N–H and O–H groups in total. The molecular formula is C3H3NO. The Kier molecular flexibility index (Phi) is 0.199. The third kappa shape index (κ3) is 0.265. The van der Waals surface area contributed by atoms with Crippen molar-refractivity contribution >= 4 is 0 Å². The normalized spacial score (nSPS) is 13.6. The summed E-state index contributed by atoms with van der Waals surface area (Å²) in [6.45, 7) is 0. The van der Waals surface area contributed by atoms with Crippen molar-refractivity contribution in [2.24, 2.45) is 0 Å². The molecule has 26 valence electrons. The maximum absolute atomic E-state index is 6.71. The van der Waals surface area contributed by atoms with Gasteiger partial charge >= 0.3 is 0 Å². The van der Waals surface area contributed by atoms with E-state index in [1.54, 1.807) is 0 Å². The molecule has 1 rings (SSSR count). The molecule has 2 heteroatoms. The molecule has 0 aromatic carbocycles. The number of hydrogen-bond acceptors (Lipinski definition) is 2. The second-order valence-corrected chi connectivity index (χ2v) is 0.566. The van der Waals surface area contributed by atoms with E-state index in [9.17, 15) is 0 Å². The van der Waals surface area contributed by atoms with Crippen molar-refractivity contribution in [3.63, 3.8) is 0 Å². The summed E-state index contributed by atoms with van der Waals surface area (Å²) in [6, 6.07) is 0. The number of rotatable bonds is 0. The fraction of sp³-hybridized carbons (Fsp3) is 0. The molecule has 0 amide bonds. The third-order valence-electron chi connectivity index (χ3n) is 0.275. The Balaban J connectivity index is 3.12. The van der Waals surface area contributed by atoms with Crippen LogP contribution in [-0.4, -0.2) is 4.98 Å². The summed E-state index contributed by atoms with van der Waals surface area (Å²) in [7, 11) is 0. The number of oxazole rings is 1. The highest BCUT2D eigenvalue weighted by atomic mass is 16.3. The summed E-state index contributed by atoms with van der Waals surface area (Å²) in [5.41, 5.74) is 0. The van der Waals surface area contributed by atoms with E-state index >= 15 is 0 Å². The summed E-state index contributed by atoms with van der Waals surface area (Å²) < 4.78 is 17.7. The molecule has 0 fully saturated rings. The van der Waals surface area contributed by atoms with Crippen LogP contribution >= 0.6 is 0 Å². The van der Waals surface area contributed by atoms with Gasteiger partial charge in [-0.1, -0.05) is 0 Å². The van der Waals surface area contributed by atoms with E-state index in [-0.39, 0.29) is 12.4 Å². The van der Waals surface area contributed by atoms with Crippen molar-refractivity contribution in [3.8, 4) is 0 Å². The fourth-order valence-corrected chi connectivity index (χ4v) is 0.132. The van der Waals surface area contributed by atoms with E-state index in [4.69, 9.17) is 2.74 Å². The average molecular weight is 71.1 g/mol. The fourth-order valence-electron chi connectivity index (χ4n) is 0.132. The molecule has 2 nitrogen and oxygen atoms in total. The van der Waals surface area contributed by atoms with E-state index in [0.29, 0.717) is 0 Å². The number of hydrogen-bond donors (Lipinski definition) is 0. The first-order valence-electron chi connectivity index (χ1n) is 2.17. The number of aromatic nitrogens is 1. The smallest absolute Gasteiger partial charge is 0.180 e. The van der Waals surface area contributed by atoms with Gasteiger partial charge in [-0.25, -0.2) is 4.98 Å². The van der Waals surface area contributed by atoms with Gasteiger partial charge < -0.3 is 4.42 Å². The molecule has 0 aliphatic rings. The largest absolute Gasteiger partial charge is 0.452 e. The molecule has 1 aromatic rings. The maximum Gasteiger partial charge on any atom is 0.180 e. The topological polar surface area (TPSA) is 26.0 Å². The second-order valence-electron chi connectivity index (χ2n) is 0.566. The molecule has 0 bridgehead atoms. The Labute approximate surface area is 32.3 Å². The van der Waals surface area contributed by atoms with Crippen LogP contribution in [0.1, 0.15) is 2.74 Å². The third-order valence-corrected chi connectivity index (χ3v) is 0.275. The van der Waals surface area contributed by atoms with Gasteiger partial charge in [-0.05, 0) is 0 Å². The SMILES string of the molecule is [2H]c1ncoc1[2H]. The Morgan fingerprint density at radius 2 is 3.00 bits per heavy atom. The van der Waals surface area contributed by atoms with Crippen LogP contribution in [0.25, 0.3) is 0 Å². The minimum absolute atomic E-state index is 0.111. The molecule has 0 aliphatic carbocycles. The summed E-state index contributed by atoms with van der Waals surface area (Å²) in [5, 5.41) is 0. The lowest BCUT2D eigenvalue weighted by Crippen LogP contribution is -1.38. The second kappa shape index (κ2) is 0.885. The van der Waals surface area contributed by atoms with Crippen molar-refractivity contribution in [1.29, 1.82) is 0 Å². The summed E-state index contributed by atoms with van der Waals surface area (Å²) in [6.07, 6.45) is 0.782. The number of nitrogens with zero attached hydrogens (tertiary/aromatic N) is 1. The summed E-state index contributed by atoms with van der Waals surface area (Å²) in [5.74, 6) is 0. The lowest BCUT2D eigenvalue weighted by atomic mass is 11.0. The van der Waals surface area contributed by atoms with Gasteiger partial charge in [-0.3, -0.25) is 0 Å². The van der Waals surface area contributed by atoms with Gasteiger partial charge in [0.05, 0.1) is 7.54 Å². The first kappa shape index (κ1) is 1.12. The zero-order chi connectivity index (χ0) is 5.28. The first-order chi connectivity index (χ1) is 3.30.